The van der Waals surface area contributed by atoms with Crippen LogP contribution in [0.3, 0.4) is 0 Å². The van der Waals surface area contributed by atoms with Crippen LogP contribution in [0.5, 0.6) is 0 Å². The molecule has 1 fully saturated rings. The van der Waals surface area contributed by atoms with Gasteiger partial charge < -0.3 is 5.32 Å². The van der Waals surface area contributed by atoms with Crippen LogP contribution in [0.2, 0.25) is 0 Å². The molecule has 1 aliphatic carbocycles. The molecule has 0 aromatic heterocycles. The van der Waals surface area contributed by atoms with Crippen LogP contribution in [0, 0.1) is 17.7 Å². The fourth-order valence-corrected chi connectivity index (χ4v) is 4.17. The number of rotatable bonds is 5. The lowest BCUT2D eigenvalue weighted by atomic mass is 9.72. The summed E-state index contributed by atoms with van der Waals surface area (Å²) in [5.74, 6) is 1.21. The van der Waals surface area contributed by atoms with Crippen molar-refractivity contribution >= 4 is 15.9 Å². The van der Waals surface area contributed by atoms with Gasteiger partial charge in [-0.3, -0.25) is 0 Å². The fourth-order valence-electron chi connectivity index (χ4n) is 3.65. The molecule has 1 aliphatic rings. The van der Waals surface area contributed by atoms with Crippen molar-refractivity contribution in [2.24, 2.45) is 11.8 Å². The first kappa shape index (κ1) is 16.0. The van der Waals surface area contributed by atoms with E-state index in [9.17, 15) is 4.39 Å². The van der Waals surface area contributed by atoms with Gasteiger partial charge in [-0.25, -0.2) is 4.39 Å². The summed E-state index contributed by atoms with van der Waals surface area (Å²) >= 11 is 3.44. The van der Waals surface area contributed by atoms with E-state index in [1.807, 2.05) is 6.07 Å². The Balaban J connectivity index is 2.32. The molecule has 0 saturated heterocycles. The molecule has 3 heteroatoms. The van der Waals surface area contributed by atoms with Crippen LogP contribution < -0.4 is 5.32 Å². The number of benzene rings is 1. The van der Waals surface area contributed by atoms with Gasteiger partial charge in [0.1, 0.15) is 5.82 Å². The maximum Gasteiger partial charge on any atom is 0.137 e. The van der Waals surface area contributed by atoms with Crippen LogP contribution in [-0.2, 0) is 0 Å². The van der Waals surface area contributed by atoms with Crippen molar-refractivity contribution in [1.29, 1.82) is 0 Å². The van der Waals surface area contributed by atoms with Crippen LogP contribution in [0.4, 0.5) is 4.39 Å². The second-order valence-electron chi connectivity index (χ2n) is 5.80. The van der Waals surface area contributed by atoms with Gasteiger partial charge >= 0.3 is 0 Å². The number of hydrogen-bond acceptors (Lipinski definition) is 1. The van der Waals surface area contributed by atoms with Crippen molar-refractivity contribution in [2.45, 2.75) is 52.0 Å². The lowest BCUT2D eigenvalue weighted by Crippen LogP contribution is -2.34. The van der Waals surface area contributed by atoms with E-state index in [1.54, 1.807) is 0 Å². The van der Waals surface area contributed by atoms with Gasteiger partial charge in [0.25, 0.3) is 0 Å². The highest BCUT2D eigenvalue weighted by atomic mass is 79.9. The molecular weight excluding hydrogens is 317 g/mol. The van der Waals surface area contributed by atoms with E-state index in [2.05, 4.69) is 41.2 Å². The summed E-state index contributed by atoms with van der Waals surface area (Å²) in [6.45, 7) is 5.33. The molecule has 2 rings (SSSR count). The Morgan fingerprint density at radius 2 is 2.05 bits per heavy atom. The molecule has 3 atom stereocenters. The third-order valence-electron chi connectivity index (χ3n) is 4.66. The minimum Gasteiger partial charge on any atom is -0.310 e. The summed E-state index contributed by atoms with van der Waals surface area (Å²) in [5, 5.41) is 3.60. The maximum absolute atomic E-state index is 13.9. The van der Waals surface area contributed by atoms with Crippen molar-refractivity contribution in [3.05, 3.63) is 34.1 Å². The van der Waals surface area contributed by atoms with E-state index in [0.29, 0.717) is 10.4 Å². The minimum atomic E-state index is -0.158. The molecule has 1 saturated carbocycles. The molecule has 1 nitrogen and oxygen atoms in total. The number of halogens is 2. The average molecular weight is 342 g/mol. The Labute approximate surface area is 130 Å². The summed E-state index contributed by atoms with van der Waals surface area (Å²) in [6.07, 6.45) is 6.43. The van der Waals surface area contributed by atoms with Gasteiger partial charge in [-0.15, -0.1) is 0 Å². The highest BCUT2D eigenvalue weighted by Gasteiger charge is 2.32. The van der Waals surface area contributed by atoms with Crippen molar-refractivity contribution < 1.29 is 4.39 Å². The number of hydrogen-bond donors (Lipinski definition) is 1. The molecule has 3 unspecified atom stereocenters. The molecule has 0 spiro atoms. The van der Waals surface area contributed by atoms with Gasteiger partial charge in [0.15, 0.2) is 0 Å². The Hall–Kier alpha value is -0.410. The van der Waals surface area contributed by atoms with E-state index >= 15 is 0 Å². The van der Waals surface area contributed by atoms with E-state index in [1.165, 1.54) is 38.2 Å². The summed E-state index contributed by atoms with van der Waals surface area (Å²) in [6, 6.07) is 5.66. The van der Waals surface area contributed by atoms with Crippen LogP contribution in [-0.4, -0.2) is 6.54 Å². The van der Waals surface area contributed by atoms with Gasteiger partial charge in [0, 0.05) is 6.04 Å². The molecule has 0 heterocycles. The lowest BCUT2D eigenvalue weighted by Gasteiger charge is -2.38. The third kappa shape index (κ3) is 3.43. The summed E-state index contributed by atoms with van der Waals surface area (Å²) < 4.78 is 14.5. The molecule has 0 radical (unpaired) electrons. The van der Waals surface area contributed by atoms with Crippen LogP contribution in [0.1, 0.15) is 57.6 Å². The minimum absolute atomic E-state index is 0.158. The zero-order valence-corrected chi connectivity index (χ0v) is 14.0. The predicted molar refractivity (Wildman–Crippen MR) is 86.3 cm³/mol. The first-order valence-corrected chi connectivity index (χ1v) is 8.65. The van der Waals surface area contributed by atoms with Crippen molar-refractivity contribution in [3.8, 4) is 0 Å². The molecule has 0 bridgehead atoms. The molecule has 0 amide bonds. The zero-order chi connectivity index (χ0) is 14.5. The maximum atomic E-state index is 13.9. The molecule has 1 aromatic rings. The summed E-state index contributed by atoms with van der Waals surface area (Å²) in [4.78, 5) is 0. The largest absolute Gasteiger partial charge is 0.310 e. The van der Waals surface area contributed by atoms with Gasteiger partial charge in [-0.1, -0.05) is 51.7 Å². The Kier molecular flexibility index (Phi) is 6.03. The van der Waals surface area contributed by atoms with Gasteiger partial charge in [-0.2, -0.15) is 0 Å². The smallest absolute Gasteiger partial charge is 0.137 e. The zero-order valence-electron chi connectivity index (χ0n) is 12.5. The van der Waals surface area contributed by atoms with Crippen LogP contribution >= 0.6 is 15.9 Å². The van der Waals surface area contributed by atoms with Crippen molar-refractivity contribution in [2.75, 3.05) is 6.54 Å². The SMILES string of the molecule is CCNC(c1cccc(F)c1Br)C1CCCCC1CC. The first-order valence-electron chi connectivity index (χ1n) is 7.86. The molecule has 0 aliphatic heterocycles. The summed E-state index contributed by atoms with van der Waals surface area (Å²) in [5.41, 5.74) is 1.08. The Morgan fingerprint density at radius 3 is 2.75 bits per heavy atom. The molecule has 1 aromatic carbocycles. The molecule has 112 valence electrons. The van der Waals surface area contributed by atoms with Crippen molar-refractivity contribution in [3.63, 3.8) is 0 Å². The highest BCUT2D eigenvalue weighted by Crippen LogP contribution is 2.42. The molecule has 1 N–H and O–H groups in total. The second kappa shape index (κ2) is 7.56. The first-order chi connectivity index (χ1) is 9.69. The Morgan fingerprint density at radius 1 is 1.30 bits per heavy atom. The monoisotopic (exact) mass is 341 g/mol. The molecule has 20 heavy (non-hydrogen) atoms. The molecular formula is C17H25BrFN. The van der Waals surface area contributed by atoms with E-state index in [-0.39, 0.29) is 11.9 Å². The second-order valence-corrected chi connectivity index (χ2v) is 6.59. The predicted octanol–water partition coefficient (Wildman–Crippen LogP) is 5.46. The van der Waals surface area contributed by atoms with Gasteiger partial charge in [0.05, 0.1) is 4.47 Å². The van der Waals surface area contributed by atoms with Crippen LogP contribution in [0.15, 0.2) is 22.7 Å². The van der Waals surface area contributed by atoms with E-state index < -0.39 is 0 Å². The standard InChI is InChI=1S/C17H25BrFN/c1-3-12-8-5-6-9-13(12)17(20-4-2)14-10-7-11-15(19)16(14)18/h7,10-13,17,20H,3-6,8-9H2,1-2H3. The normalized spacial score (nSPS) is 24.6. The van der Waals surface area contributed by atoms with Crippen molar-refractivity contribution in [1.82, 2.24) is 5.32 Å². The topological polar surface area (TPSA) is 12.0 Å². The average Bonchev–Trinajstić information content (AvgIpc) is 2.48. The van der Waals surface area contributed by atoms with E-state index in [0.717, 1.165) is 18.0 Å². The Bertz CT molecular complexity index is 435. The third-order valence-corrected chi connectivity index (χ3v) is 5.50. The number of nitrogens with one attached hydrogen (secondary N) is 1. The lowest BCUT2D eigenvalue weighted by molar-refractivity contribution is 0.176. The fraction of sp³-hybridized carbons (Fsp3) is 0.647. The highest BCUT2D eigenvalue weighted by molar-refractivity contribution is 9.10. The quantitative estimate of drug-likeness (QED) is 0.750. The van der Waals surface area contributed by atoms with Gasteiger partial charge in [-0.05, 0) is 52.4 Å². The van der Waals surface area contributed by atoms with Gasteiger partial charge in [0.2, 0.25) is 0 Å². The van der Waals surface area contributed by atoms with E-state index in [4.69, 9.17) is 0 Å². The summed E-state index contributed by atoms with van der Waals surface area (Å²) in [7, 11) is 0. The van der Waals surface area contributed by atoms with Crippen LogP contribution in [0.25, 0.3) is 0 Å².